The first-order valence-corrected chi connectivity index (χ1v) is 8.33. The molecule has 1 heterocycles. The maximum Gasteiger partial charge on any atom is 0.0195 e. The van der Waals surface area contributed by atoms with Crippen molar-refractivity contribution in [3.8, 4) is 0 Å². The van der Waals surface area contributed by atoms with Gasteiger partial charge in [-0.15, -0.1) is 0 Å². The molecule has 3 heteroatoms. The van der Waals surface area contributed by atoms with Gasteiger partial charge < -0.3 is 10.2 Å². The lowest BCUT2D eigenvalue weighted by Gasteiger charge is -2.39. The van der Waals surface area contributed by atoms with Gasteiger partial charge in [0.05, 0.1) is 0 Å². The Bertz CT molecular complexity index is 284. The fraction of sp³-hybridized carbons (Fsp3) is 1.00. The lowest BCUT2D eigenvalue weighted by Crippen LogP contribution is -2.49. The van der Waals surface area contributed by atoms with Crippen molar-refractivity contribution in [1.29, 1.82) is 0 Å². The Kier molecular flexibility index (Phi) is 6.49. The Morgan fingerprint density at radius 3 is 2.35 bits per heavy atom. The molecule has 0 aromatic carbocycles. The molecular formula is C17H37N3. The van der Waals surface area contributed by atoms with Crippen LogP contribution in [0.25, 0.3) is 0 Å². The summed E-state index contributed by atoms with van der Waals surface area (Å²) in [5, 5.41) is 3.71. The van der Waals surface area contributed by atoms with Crippen LogP contribution >= 0.6 is 0 Å². The highest BCUT2D eigenvalue weighted by atomic mass is 15.2. The van der Waals surface area contributed by atoms with E-state index >= 15 is 0 Å². The van der Waals surface area contributed by atoms with Crippen molar-refractivity contribution in [2.75, 3.05) is 39.8 Å². The maximum absolute atomic E-state index is 3.71. The monoisotopic (exact) mass is 283 g/mol. The fourth-order valence-electron chi connectivity index (χ4n) is 2.92. The van der Waals surface area contributed by atoms with Crippen molar-refractivity contribution in [3.63, 3.8) is 0 Å². The molecule has 1 fully saturated rings. The Hall–Kier alpha value is -0.120. The number of nitrogens with one attached hydrogen (secondary N) is 1. The minimum Gasteiger partial charge on any atom is -0.311 e. The number of hydrogen-bond acceptors (Lipinski definition) is 3. The number of rotatable bonds is 5. The van der Waals surface area contributed by atoms with Gasteiger partial charge in [-0.2, -0.15) is 0 Å². The van der Waals surface area contributed by atoms with Gasteiger partial charge in [0.15, 0.2) is 0 Å². The molecule has 1 aliphatic heterocycles. The fourth-order valence-corrected chi connectivity index (χ4v) is 2.92. The summed E-state index contributed by atoms with van der Waals surface area (Å²) < 4.78 is 0. The molecule has 20 heavy (non-hydrogen) atoms. The lowest BCUT2D eigenvalue weighted by molar-refractivity contribution is 0.115. The molecule has 0 aliphatic carbocycles. The minimum atomic E-state index is 0.209. The second kappa shape index (κ2) is 7.24. The lowest BCUT2D eigenvalue weighted by atomic mass is 9.85. The number of nitrogens with zero attached hydrogens (tertiary/aromatic N) is 2. The van der Waals surface area contributed by atoms with Crippen LogP contribution in [0.5, 0.6) is 0 Å². The average Bonchev–Trinajstić information content (AvgIpc) is 2.48. The molecule has 1 saturated heterocycles. The molecule has 0 saturated carbocycles. The van der Waals surface area contributed by atoms with Crippen LogP contribution in [0.3, 0.4) is 0 Å². The summed E-state index contributed by atoms with van der Waals surface area (Å²) in [5.41, 5.74) is 0.575. The van der Waals surface area contributed by atoms with Crippen LogP contribution in [0, 0.1) is 5.41 Å². The van der Waals surface area contributed by atoms with Gasteiger partial charge in [0.1, 0.15) is 0 Å². The predicted octanol–water partition coefficient (Wildman–Crippen LogP) is 2.82. The molecule has 0 spiro atoms. The van der Waals surface area contributed by atoms with Gasteiger partial charge in [0, 0.05) is 31.2 Å². The van der Waals surface area contributed by atoms with Crippen molar-refractivity contribution in [3.05, 3.63) is 0 Å². The van der Waals surface area contributed by atoms with E-state index in [0.29, 0.717) is 11.5 Å². The largest absolute Gasteiger partial charge is 0.311 e. The molecule has 1 N–H and O–H groups in total. The zero-order valence-corrected chi connectivity index (χ0v) is 14.9. The zero-order chi connectivity index (χ0) is 15.4. The predicted molar refractivity (Wildman–Crippen MR) is 89.3 cm³/mol. The number of hydrogen-bond donors (Lipinski definition) is 1. The molecule has 0 aromatic heterocycles. The van der Waals surface area contributed by atoms with Crippen LogP contribution in [-0.2, 0) is 0 Å². The Morgan fingerprint density at radius 1 is 1.15 bits per heavy atom. The van der Waals surface area contributed by atoms with Crippen molar-refractivity contribution in [2.24, 2.45) is 5.41 Å². The van der Waals surface area contributed by atoms with Gasteiger partial charge in [0.25, 0.3) is 0 Å². The van der Waals surface area contributed by atoms with Crippen molar-refractivity contribution >= 4 is 0 Å². The van der Waals surface area contributed by atoms with E-state index in [1.807, 2.05) is 0 Å². The molecule has 1 aliphatic rings. The Labute approximate surface area is 127 Å². The van der Waals surface area contributed by atoms with Gasteiger partial charge in [-0.05, 0) is 66.1 Å². The van der Waals surface area contributed by atoms with E-state index in [1.54, 1.807) is 0 Å². The van der Waals surface area contributed by atoms with E-state index in [0.717, 1.165) is 6.54 Å². The minimum absolute atomic E-state index is 0.209. The third-order valence-electron chi connectivity index (χ3n) is 4.67. The Balaban J connectivity index is 2.61. The van der Waals surface area contributed by atoms with Crippen LogP contribution in [0.15, 0.2) is 0 Å². The van der Waals surface area contributed by atoms with E-state index in [4.69, 9.17) is 0 Å². The molecule has 0 radical (unpaired) electrons. The normalized spacial score (nSPS) is 26.2. The first kappa shape index (κ1) is 17.9. The second-order valence-corrected chi connectivity index (χ2v) is 8.20. The van der Waals surface area contributed by atoms with Gasteiger partial charge in [0.2, 0.25) is 0 Å². The van der Waals surface area contributed by atoms with Crippen LogP contribution in [0.4, 0.5) is 0 Å². The summed E-state index contributed by atoms with van der Waals surface area (Å²) >= 11 is 0. The first-order chi connectivity index (χ1) is 9.15. The van der Waals surface area contributed by atoms with Crippen molar-refractivity contribution < 1.29 is 0 Å². The highest BCUT2D eigenvalue weighted by Gasteiger charge is 2.30. The maximum atomic E-state index is 3.71. The first-order valence-electron chi connectivity index (χ1n) is 8.33. The third kappa shape index (κ3) is 6.11. The molecule has 0 amide bonds. The molecule has 0 bridgehead atoms. The van der Waals surface area contributed by atoms with E-state index < -0.39 is 0 Å². The van der Waals surface area contributed by atoms with Crippen LogP contribution < -0.4 is 5.32 Å². The van der Waals surface area contributed by atoms with Gasteiger partial charge in [-0.25, -0.2) is 0 Å². The van der Waals surface area contributed by atoms with E-state index in [-0.39, 0.29) is 5.54 Å². The van der Waals surface area contributed by atoms with Crippen LogP contribution in [0.2, 0.25) is 0 Å². The SMILES string of the molecule is CCC(C)(CNC(C)(C)C)CN1CCCN(C)CC1C. The molecule has 0 aromatic rings. The van der Waals surface area contributed by atoms with E-state index in [2.05, 4.69) is 63.7 Å². The highest BCUT2D eigenvalue weighted by Crippen LogP contribution is 2.25. The Morgan fingerprint density at radius 2 is 1.80 bits per heavy atom. The smallest absolute Gasteiger partial charge is 0.0195 e. The van der Waals surface area contributed by atoms with Gasteiger partial charge >= 0.3 is 0 Å². The van der Waals surface area contributed by atoms with Gasteiger partial charge in [-0.1, -0.05) is 13.8 Å². The molecule has 1 rings (SSSR count). The quantitative estimate of drug-likeness (QED) is 0.837. The topological polar surface area (TPSA) is 18.5 Å². The summed E-state index contributed by atoms with van der Waals surface area (Å²) in [6.07, 6.45) is 2.53. The van der Waals surface area contributed by atoms with Crippen molar-refractivity contribution in [2.45, 2.75) is 66.0 Å². The summed E-state index contributed by atoms with van der Waals surface area (Å²) in [6.45, 7) is 19.9. The average molecular weight is 284 g/mol. The highest BCUT2D eigenvalue weighted by molar-refractivity contribution is 4.86. The standard InChI is InChI=1S/C17H37N3/c1-8-17(6,13-18-16(3,4)5)14-20-11-9-10-19(7)12-15(20)2/h15,18H,8-14H2,1-7H3. The third-order valence-corrected chi connectivity index (χ3v) is 4.67. The van der Waals surface area contributed by atoms with Gasteiger partial charge in [-0.3, -0.25) is 4.90 Å². The number of likely N-dealkylation sites (N-methyl/N-ethyl adjacent to an activating group) is 1. The zero-order valence-electron chi connectivity index (χ0n) is 14.9. The summed E-state index contributed by atoms with van der Waals surface area (Å²) in [7, 11) is 2.25. The summed E-state index contributed by atoms with van der Waals surface area (Å²) in [4.78, 5) is 5.18. The molecule has 2 atom stereocenters. The molecule has 120 valence electrons. The van der Waals surface area contributed by atoms with E-state index in [1.165, 1.54) is 39.0 Å². The van der Waals surface area contributed by atoms with Crippen LogP contribution in [0.1, 0.15) is 54.4 Å². The molecular weight excluding hydrogens is 246 g/mol. The van der Waals surface area contributed by atoms with Crippen molar-refractivity contribution in [1.82, 2.24) is 15.1 Å². The van der Waals surface area contributed by atoms with E-state index in [9.17, 15) is 0 Å². The summed E-state index contributed by atoms with van der Waals surface area (Å²) in [6, 6.07) is 0.669. The molecule has 2 unspecified atom stereocenters. The molecule has 3 nitrogen and oxygen atoms in total. The second-order valence-electron chi connectivity index (χ2n) is 8.20. The van der Waals surface area contributed by atoms with Crippen LogP contribution in [-0.4, -0.2) is 61.2 Å². The summed E-state index contributed by atoms with van der Waals surface area (Å²) in [5.74, 6) is 0.